The quantitative estimate of drug-likeness (QED) is 0.808. The molecule has 1 aliphatic rings. The number of H-pyrrole nitrogens is 1. The molecule has 0 aliphatic carbocycles. The van der Waals surface area contributed by atoms with Crippen LogP contribution in [0.25, 0.3) is 0 Å². The van der Waals surface area contributed by atoms with Crippen LogP contribution < -0.4 is 10.1 Å². The van der Waals surface area contributed by atoms with Crippen LogP contribution in [0.15, 0.2) is 36.7 Å². The second-order valence-corrected chi connectivity index (χ2v) is 3.81. The van der Waals surface area contributed by atoms with Crippen molar-refractivity contribution in [3.63, 3.8) is 0 Å². The highest BCUT2D eigenvalue weighted by atomic mass is 16.5. The average Bonchev–Trinajstić information content (AvgIpc) is 2.82. The molecule has 0 radical (unpaired) electrons. The summed E-state index contributed by atoms with van der Waals surface area (Å²) in [6.45, 7) is 0.745. The van der Waals surface area contributed by atoms with Gasteiger partial charge in [-0.1, -0.05) is 18.2 Å². The molecule has 16 heavy (non-hydrogen) atoms. The number of rotatable bonds is 2. The zero-order valence-corrected chi connectivity index (χ0v) is 8.81. The topological polar surface area (TPSA) is 49.9 Å². The van der Waals surface area contributed by atoms with Crippen molar-refractivity contribution in [1.82, 2.24) is 9.97 Å². The van der Waals surface area contributed by atoms with Crippen molar-refractivity contribution in [3.05, 3.63) is 42.2 Å². The molecule has 3 rings (SSSR count). The van der Waals surface area contributed by atoms with E-state index in [2.05, 4.69) is 21.4 Å². The maximum atomic E-state index is 5.60. The van der Waals surface area contributed by atoms with E-state index >= 15 is 0 Å². The fourth-order valence-corrected chi connectivity index (χ4v) is 2.00. The fraction of sp³-hybridized carbons (Fsp3) is 0.250. The molecule has 0 saturated carbocycles. The number of hydrogen-bond donors (Lipinski definition) is 2. The molecule has 82 valence electrons. The lowest BCUT2D eigenvalue weighted by Crippen LogP contribution is -2.20. The highest BCUT2D eigenvalue weighted by molar-refractivity contribution is 5.41. The second kappa shape index (κ2) is 3.89. The van der Waals surface area contributed by atoms with E-state index in [0.29, 0.717) is 0 Å². The first-order valence-corrected chi connectivity index (χ1v) is 5.41. The first-order valence-electron chi connectivity index (χ1n) is 5.41. The van der Waals surface area contributed by atoms with Crippen LogP contribution in [0.5, 0.6) is 5.75 Å². The van der Waals surface area contributed by atoms with Crippen molar-refractivity contribution in [2.24, 2.45) is 0 Å². The van der Waals surface area contributed by atoms with Crippen molar-refractivity contribution in [2.45, 2.75) is 12.5 Å². The van der Waals surface area contributed by atoms with E-state index in [9.17, 15) is 0 Å². The van der Waals surface area contributed by atoms with Gasteiger partial charge in [-0.2, -0.15) is 0 Å². The predicted octanol–water partition coefficient (Wildman–Crippen LogP) is 2.35. The SMILES string of the molecule is c1ccc2c(c1)OCCC2Nc1ncc[nH]1. The van der Waals surface area contributed by atoms with Crippen LogP contribution in [0.3, 0.4) is 0 Å². The molecule has 2 N–H and O–H groups in total. The number of aromatic amines is 1. The summed E-state index contributed by atoms with van der Waals surface area (Å²) in [7, 11) is 0. The molecule has 1 aliphatic heterocycles. The van der Waals surface area contributed by atoms with Crippen molar-refractivity contribution in [3.8, 4) is 5.75 Å². The van der Waals surface area contributed by atoms with Gasteiger partial charge in [0.1, 0.15) is 5.75 Å². The lowest BCUT2D eigenvalue weighted by molar-refractivity contribution is 0.274. The predicted molar refractivity (Wildman–Crippen MR) is 61.5 cm³/mol. The Morgan fingerprint density at radius 2 is 2.31 bits per heavy atom. The first kappa shape index (κ1) is 9.27. The van der Waals surface area contributed by atoms with Gasteiger partial charge in [-0.15, -0.1) is 0 Å². The molecular weight excluding hydrogens is 202 g/mol. The monoisotopic (exact) mass is 215 g/mol. The summed E-state index contributed by atoms with van der Waals surface area (Å²) in [5, 5.41) is 3.37. The van der Waals surface area contributed by atoms with Gasteiger partial charge in [0, 0.05) is 24.4 Å². The molecule has 2 heterocycles. The Morgan fingerprint density at radius 1 is 1.38 bits per heavy atom. The Labute approximate surface area is 93.7 Å². The number of para-hydroxylation sites is 1. The summed E-state index contributed by atoms with van der Waals surface area (Å²) in [5.74, 6) is 1.78. The molecule has 0 fully saturated rings. The molecule has 4 heteroatoms. The van der Waals surface area contributed by atoms with Crippen molar-refractivity contribution >= 4 is 5.95 Å². The van der Waals surface area contributed by atoms with E-state index in [1.165, 1.54) is 5.56 Å². The lowest BCUT2D eigenvalue weighted by Gasteiger charge is -2.26. The molecule has 0 spiro atoms. The van der Waals surface area contributed by atoms with Gasteiger partial charge >= 0.3 is 0 Å². The van der Waals surface area contributed by atoms with Gasteiger partial charge in [-0.25, -0.2) is 4.98 Å². The zero-order chi connectivity index (χ0) is 10.8. The third-order valence-electron chi connectivity index (χ3n) is 2.77. The lowest BCUT2D eigenvalue weighted by atomic mass is 10.0. The summed E-state index contributed by atoms with van der Waals surface area (Å²) in [5.41, 5.74) is 1.20. The molecule has 1 unspecified atom stereocenters. The first-order chi connectivity index (χ1) is 7.93. The number of imidazole rings is 1. The van der Waals surface area contributed by atoms with Crippen molar-refractivity contribution < 1.29 is 4.74 Å². The minimum atomic E-state index is 0.274. The molecule has 1 aromatic heterocycles. The van der Waals surface area contributed by atoms with Crippen LogP contribution in [-0.2, 0) is 0 Å². The number of ether oxygens (including phenoxy) is 1. The van der Waals surface area contributed by atoms with Gasteiger partial charge in [0.2, 0.25) is 5.95 Å². The van der Waals surface area contributed by atoms with Crippen LogP contribution in [-0.4, -0.2) is 16.6 Å². The summed E-state index contributed by atoms with van der Waals surface area (Å²) in [6, 6.07) is 8.40. The number of benzene rings is 1. The summed E-state index contributed by atoms with van der Waals surface area (Å²) in [4.78, 5) is 7.23. The van der Waals surface area contributed by atoms with E-state index in [0.717, 1.165) is 24.7 Å². The van der Waals surface area contributed by atoms with E-state index < -0.39 is 0 Å². The molecule has 0 bridgehead atoms. The fourth-order valence-electron chi connectivity index (χ4n) is 2.00. The van der Waals surface area contributed by atoms with Gasteiger partial charge in [0.05, 0.1) is 12.6 Å². The Hall–Kier alpha value is -1.97. The number of nitrogens with one attached hydrogen (secondary N) is 2. The maximum absolute atomic E-state index is 5.60. The van der Waals surface area contributed by atoms with E-state index in [1.807, 2.05) is 24.4 Å². The average molecular weight is 215 g/mol. The molecule has 4 nitrogen and oxygen atoms in total. The molecule has 1 atom stereocenters. The number of hydrogen-bond acceptors (Lipinski definition) is 3. The minimum Gasteiger partial charge on any atom is -0.493 e. The van der Waals surface area contributed by atoms with Crippen molar-refractivity contribution in [2.75, 3.05) is 11.9 Å². The highest BCUT2D eigenvalue weighted by Crippen LogP contribution is 2.33. The van der Waals surface area contributed by atoms with Crippen LogP contribution in [0.4, 0.5) is 5.95 Å². The zero-order valence-electron chi connectivity index (χ0n) is 8.81. The van der Waals surface area contributed by atoms with Gasteiger partial charge in [-0.05, 0) is 6.07 Å². The standard InChI is InChI=1S/C12H13N3O/c1-2-4-11-9(3-1)10(5-8-16-11)15-12-13-6-7-14-12/h1-4,6-7,10H,5,8H2,(H2,13,14,15). The second-order valence-electron chi connectivity index (χ2n) is 3.81. The number of anilines is 1. The Kier molecular flexibility index (Phi) is 2.25. The number of aromatic nitrogens is 2. The van der Waals surface area contributed by atoms with Crippen LogP contribution in [0.1, 0.15) is 18.0 Å². The Morgan fingerprint density at radius 3 is 3.19 bits per heavy atom. The summed E-state index contributed by atoms with van der Waals surface area (Å²) >= 11 is 0. The van der Waals surface area contributed by atoms with Crippen LogP contribution in [0.2, 0.25) is 0 Å². The van der Waals surface area contributed by atoms with Crippen molar-refractivity contribution in [1.29, 1.82) is 0 Å². The number of nitrogens with zero attached hydrogens (tertiary/aromatic N) is 1. The summed E-state index contributed by atoms with van der Waals surface area (Å²) < 4.78 is 5.60. The molecule has 2 aromatic rings. The van der Waals surface area contributed by atoms with E-state index in [-0.39, 0.29) is 6.04 Å². The molecule has 1 aromatic carbocycles. The minimum absolute atomic E-state index is 0.274. The van der Waals surface area contributed by atoms with E-state index in [4.69, 9.17) is 4.74 Å². The molecule has 0 amide bonds. The largest absolute Gasteiger partial charge is 0.493 e. The normalized spacial score (nSPS) is 18.6. The maximum Gasteiger partial charge on any atom is 0.200 e. The van der Waals surface area contributed by atoms with Gasteiger partial charge in [-0.3, -0.25) is 0 Å². The van der Waals surface area contributed by atoms with Gasteiger partial charge in [0.25, 0.3) is 0 Å². The Balaban J connectivity index is 1.87. The molecule has 0 saturated heterocycles. The highest BCUT2D eigenvalue weighted by Gasteiger charge is 2.21. The third kappa shape index (κ3) is 1.62. The Bertz CT molecular complexity index is 467. The third-order valence-corrected chi connectivity index (χ3v) is 2.77. The van der Waals surface area contributed by atoms with Crippen LogP contribution >= 0.6 is 0 Å². The van der Waals surface area contributed by atoms with E-state index in [1.54, 1.807) is 6.20 Å². The van der Waals surface area contributed by atoms with Crippen LogP contribution in [0, 0.1) is 0 Å². The molecular formula is C12H13N3O. The van der Waals surface area contributed by atoms with Gasteiger partial charge in [0.15, 0.2) is 0 Å². The smallest absolute Gasteiger partial charge is 0.200 e. The summed E-state index contributed by atoms with van der Waals surface area (Å²) in [6.07, 6.45) is 4.51. The van der Waals surface area contributed by atoms with Gasteiger partial charge < -0.3 is 15.0 Å². The number of fused-ring (bicyclic) bond motifs is 1.